The fourth-order valence-electron chi connectivity index (χ4n) is 3.24. The summed E-state index contributed by atoms with van der Waals surface area (Å²) in [6.45, 7) is 6.46. The van der Waals surface area contributed by atoms with E-state index in [-0.39, 0.29) is 17.2 Å². The van der Waals surface area contributed by atoms with Crippen molar-refractivity contribution in [2.24, 2.45) is 11.8 Å². The van der Waals surface area contributed by atoms with Crippen LogP contribution < -0.4 is 11.3 Å². The summed E-state index contributed by atoms with van der Waals surface area (Å²) in [6.07, 6.45) is 3.01. The Bertz CT molecular complexity index is 277. The second-order valence-electron chi connectivity index (χ2n) is 6.04. The van der Waals surface area contributed by atoms with E-state index < -0.39 is 0 Å². The number of rotatable bonds is 4. The quantitative estimate of drug-likeness (QED) is 0.577. The maximum absolute atomic E-state index is 5.96. The number of ether oxygens (including phenoxy) is 3. The van der Waals surface area contributed by atoms with Crippen molar-refractivity contribution < 1.29 is 14.2 Å². The van der Waals surface area contributed by atoms with Gasteiger partial charge in [0.15, 0.2) is 0 Å². The van der Waals surface area contributed by atoms with Crippen molar-refractivity contribution in [1.29, 1.82) is 0 Å². The van der Waals surface area contributed by atoms with Crippen LogP contribution in [0.25, 0.3) is 0 Å². The lowest BCUT2D eigenvalue weighted by molar-refractivity contribution is -0.121. The molecule has 3 atom stereocenters. The summed E-state index contributed by atoms with van der Waals surface area (Å²) >= 11 is 0. The topological polar surface area (TPSA) is 65.7 Å². The van der Waals surface area contributed by atoms with Gasteiger partial charge in [-0.25, -0.2) is 0 Å². The number of nitrogens with one attached hydrogen (secondary N) is 1. The Hall–Kier alpha value is -0.200. The van der Waals surface area contributed by atoms with E-state index in [1.165, 1.54) is 0 Å². The standard InChI is InChI=1S/C13H26N2O3/c1-12(2,16-3)11(15-14)10-4-6-18-13(8-10)5-7-17-9-13/h10-11,15H,4-9,14H2,1-3H3. The van der Waals surface area contributed by atoms with Crippen LogP contribution in [0.3, 0.4) is 0 Å². The molecule has 18 heavy (non-hydrogen) atoms. The Kier molecular flexibility index (Phi) is 4.29. The van der Waals surface area contributed by atoms with Gasteiger partial charge in [0.05, 0.1) is 23.9 Å². The van der Waals surface area contributed by atoms with E-state index in [9.17, 15) is 0 Å². The molecule has 5 nitrogen and oxygen atoms in total. The molecule has 0 amide bonds. The third-order valence-corrected chi connectivity index (χ3v) is 4.52. The first kappa shape index (κ1) is 14.2. The van der Waals surface area contributed by atoms with Crippen molar-refractivity contribution in [3.05, 3.63) is 0 Å². The van der Waals surface area contributed by atoms with Crippen LogP contribution in [0.1, 0.15) is 33.1 Å². The molecule has 0 aromatic heterocycles. The van der Waals surface area contributed by atoms with Crippen molar-refractivity contribution in [2.75, 3.05) is 26.9 Å². The predicted octanol–water partition coefficient (Wildman–Crippen LogP) is 0.829. The van der Waals surface area contributed by atoms with Crippen LogP contribution >= 0.6 is 0 Å². The van der Waals surface area contributed by atoms with E-state index in [0.717, 1.165) is 32.5 Å². The van der Waals surface area contributed by atoms with Gasteiger partial charge in [0.25, 0.3) is 0 Å². The summed E-state index contributed by atoms with van der Waals surface area (Å²) < 4.78 is 17.0. The van der Waals surface area contributed by atoms with Crippen LogP contribution in [0.5, 0.6) is 0 Å². The first-order chi connectivity index (χ1) is 8.53. The molecule has 5 heteroatoms. The highest BCUT2D eigenvalue weighted by atomic mass is 16.6. The fraction of sp³-hybridized carbons (Fsp3) is 1.00. The van der Waals surface area contributed by atoms with Crippen molar-refractivity contribution in [3.8, 4) is 0 Å². The molecule has 0 saturated carbocycles. The summed E-state index contributed by atoms with van der Waals surface area (Å²) in [4.78, 5) is 0. The normalized spacial score (nSPS) is 35.0. The smallest absolute Gasteiger partial charge is 0.0939 e. The maximum Gasteiger partial charge on any atom is 0.0939 e. The van der Waals surface area contributed by atoms with Gasteiger partial charge in [0.1, 0.15) is 0 Å². The highest BCUT2D eigenvalue weighted by Crippen LogP contribution is 2.39. The summed E-state index contributed by atoms with van der Waals surface area (Å²) in [6, 6.07) is 0.129. The summed E-state index contributed by atoms with van der Waals surface area (Å²) in [5.74, 6) is 6.21. The Labute approximate surface area is 109 Å². The van der Waals surface area contributed by atoms with Gasteiger partial charge in [-0.1, -0.05) is 0 Å². The largest absolute Gasteiger partial charge is 0.378 e. The molecule has 0 radical (unpaired) electrons. The summed E-state index contributed by atoms with van der Waals surface area (Å²) in [7, 11) is 1.73. The van der Waals surface area contributed by atoms with Crippen molar-refractivity contribution in [1.82, 2.24) is 5.43 Å². The molecule has 0 aromatic carbocycles. The number of methoxy groups -OCH3 is 1. The van der Waals surface area contributed by atoms with E-state index in [0.29, 0.717) is 12.5 Å². The average molecular weight is 258 g/mol. The molecular formula is C13H26N2O3. The van der Waals surface area contributed by atoms with E-state index in [2.05, 4.69) is 19.3 Å². The zero-order valence-electron chi connectivity index (χ0n) is 11.7. The molecule has 0 bridgehead atoms. The minimum atomic E-state index is -0.280. The van der Waals surface area contributed by atoms with Crippen LogP contribution in [0.4, 0.5) is 0 Å². The van der Waals surface area contributed by atoms with E-state index in [1.807, 2.05) is 0 Å². The molecule has 2 aliphatic heterocycles. The Morgan fingerprint density at radius 2 is 2.22 bits per heavy atom. The second kappa shape index (κ2) is 5.43. The number of nitrogens with two attached hydrogens (primary N) is 1. The van der Waals surface area contributed by atoms with Crippen LogP contribution in [0, 0.1) is 5.92 Å². The Morgan fingerprint density at radius 1 is 1.44 bits per heavy atom. The minimum absolute atomic E-state index is 0.0815. The van der Waals surface area contributed by atoms with Crippen LogP contribution in [0.2, 0.25) is 0 Å². The third kappa shape index (κ3) is 2.70. The van der Waals surface area contributed by atoms with Gasteiger partial charge >= 0.3 is 0 Å². The molecule has 1 spiro atoms. The van der Waals surface area contributed by atoms with Gasteiger partial charge in [-0.05, 0) is 32.6 Å². The van der Waals surface area contributed by atoms with Crippen LogP contribution in [-0.2, 0) is 14.2 Å². The second-order valence-corrected chi connectivity index (χ2v) is 6.04. The van der Waals surface area contributed by atoms with E-state index >= 15 is 0 Å². The molecule has 3 N–H and O–H groups in total. The van der Waals surface area contributed by atoms with Gasteiger partial charge in [-0.2, -0.15) is 0 Å². The molecule has 2 saturated heterocycles. The SMILES string of the molecule is COC(C)(C)C(NN)C1CCOC2(CCOC2)C1. The molecule has 2 heterocycles. The highest BCUT2D eigenvalue weighted by molar-refractivity contribution is 4.97. The zero-order valence-corrected chi connectivity index (χ0v) is 11.7. The maximum atomic E-state index is 5.96. The van der Waals surface area contributed by atoms with Gasteiger partial charge in [0, 0.05) is 26.7 Å². The Morgan fingerprint density at radius 3 is 2.78 bits per heavy atom. The van der Waals surface area contributed by atoms with Crippen molar-refractivity contribution >= 4 is 0 Å². The number of hydrogen-bond acceptors (Lipinski definition) is 5. The number of hydrogen-bond donors (Lipinski definition) is 2. The monoisotopic (exact) mass is 258 g/mol. The first-order valence-corrected chi connectivity index (χ1v) is 6.76. The lowest BCUT2D eigenvalue weighted by atomic mass is 9.76. The first-order valence-electron chi connectivity index (χ1n) is 6.76. The van der Waals surface area contributed by atoms with Crippen molar-refractivity contribution in [3.63, 3.8) is 0 Å². The average Bonchev–Trinajstić information content (AvgIpc) is 2.78. The zero-order chi connectivity index (χ0) is 13.2. The predicted molar refractivity (Wildman–Crippen MR) is 69.0 cm³/mol. The molecule has 2 fully saturated rings. The number of hydrazine groups is 1. The van der Waals surface area contributed by atoms with Crippen molar-refractivity contribution in [2.45, 2.75) is 50.4 Å². The van der Waals surface area contributed by atoms with Crippen LogP contribution in [-0.4, -0.2) is 44.2 Å². The lowest BCUT2D eigenvalue weighted by Crippen LogP contribution is -2.58. The minimum Gasteiger partial charge on any atom is -0.378 e. The van der Waals surface area contributed by atoms with Gasteiger partial charge in [-0.3, -0.25) is 11.3 Å². The molecule has 2 rings (SSSR count). The van der Waals surface area contributed by atoms with Gasteiger partial charge < -0.3 is 14.2 Å². The van der Waals surface area contributed by atoms with E-state index in [1.54, 1.807) is 7.11 Å². The lowest BCUT2D eigenvalue weighted by Gasteiger charge is -2.44. The van der Waals surface area contributed by atoms with E-state index in [4.69, 9.17) is 20.1 Å². The molecule has 106 valence electrons. The van der Waals surface area contributed by atoms with Gasteiger partial charge in [-0.15, -0.1) is 0 Å². The summed E-state index contributed by atoms with van der Waals surface area (Å²) in [5, 5.41) is 0. The summed E-state index contributed by atoms with van der Waals surface area (Å²) in [5.41, 5.74) is 2.59. The molecule has 3 unspecified atom stereocenters. The molecule has 0 aliphatic carbocycles. The third-order valence-electron chi connectivity index (χ3n) is 4.52. The molecule has 2 aliphatic rings. The van der Waals surface area contributed by atoms with Crippen LogP contribution in [0.15, 0.2) is 0 Å². The Balaban J connectivity index is 2.07. The highest BCUT2D eigenvalue weighted by Gasteiger charge is 2.46. The fourth-order valence-corrected chi connectivity index (χ4v) is 3.24. The molecule has 0 aromatic rings. The molecular weight excluding hydrogens is 232 g/mol. The van der Waals surface area contributed by atoms with Gasteiger partial charge in [0.2, 0.25) is 0 Å².